The molecule has 40 heavy (non-hydrogen) atoms. The van der Waals surface area contributed by atoms with E-state index >= 15 is 0 Å². The molecule has 7 rings (SSSR count). The molecule has 0 amide bonds. The van der Waals surface area contributed by atoms with Crippen LogP contribution in [-0.2, 0) is 6.42 Å². The molecule has 0 radical (unpaired) electrons. The van der Waals surface area contributed by atoms with Crippen LogP contribution in [0.25, 0.3) is 23.1 Å². The monoisotopic (exact) mass is 606 g/mol. The third-order valence-corrected chi connectivity index (χ3v) is 9.05. The number of ketones is 1. The molecule has 0 unspecified atom stereocenters. The van der Waals surface area contributed by atoms with Crippen LogP contribution in [-0.4, -0.2) is 10.4 Å². The van der Waals surface area contributed by atoms with Crippen LogP contribution in [0, 0.1) is 0 Å². The molecule has 5 aromatic rings. The molecule has 0 spiro atoms. The SMILES string of the molecule is CC(=O)c1ccc(-c2ccc(/C=c3/sc4n(c3=O)[C@H](c3ccc(Br)cc3)C3=C(N=4)c4ccccc4CC3)o2)cc1. The van der Waals surface area contributed by atoms with Crippen molar-refractivity contribution in [3.8, 4) is 11.3 Å². The van der Waals surface area contributed by atoms with Crippen LogP contribution < -0.4 is 14.9 Å². The summed E-state index contributed by atoms with van der Waals surface area (Å²) in [5, 5.41) is 0. The Balaban J connectivity index is 1.36. The molecular weight excluding hydrogens is 584 g/mol. The summed E-state index contributed by atoms with van der Waals surface area (Å²) < 4.78 is 9.51. The van der Waals surface area contributed by atoms with E-state index < -0.39 is 0 Å². The van der Waals surface area contributed by atoms with Gasteiger partial charge in [0.05, 0.1) is 16.3 Å². The molecular formula is C33H23BrN2O3S. The lowest BCUT2D eigenvalue weighted by Gasteiger charge is -2.30. The van der Waals surface area contributed by atoms with Gasteiger partial charge in [-0.25, -0.2) is 4.99 Å². The fourth-order valence-electron chi connectivity index (χ4n) is 5.55. The number of carbonyl (C=O) groups is 1. The average molecular weight is 608 g/mol. The number of hydrogen-bond donors (Lipinski definition) is 0. The van der Waals surface area contributed by atoms with Gasteiger partial charge in [0.2, 0.25) is 0 Å². The quantitative estimate of drug-likeness (QED) is 0.218. The zero-order chi connectivity index (χ0) is 27.4. The van der Waals surface area contributed by atoms with E-state index in [4.69, 9.17) is 9.41 Å². The van der Waals surface area contributed by atoms with Crippen molar-refractivity contribution in [1.29, 1.82) is 0 Å². The average Bonchev–Trinajstić information content (AvgIpc) is 3.57. The second kappa shape index (κ2) is 9.84. The smallest absolute Gasteiger partial charge is 0.271 e. The third kappa shape index (κ3) is 4.26. The second-order valence-corrected chi connectivity index (χ2v) is 11.9. The number of allylic oxidation sites excluding steroid dienone is 1. The van der Waals surface area contributed by atoms with Gasteiger partial charge in [0, 0.05) is 27.2 Å². The van der Waals surface area contributed by atoms with E-state index in [2.05, 4.69) is 52.3 Å². The number of carbonyl (C=O) groups excluding carboxylic acids is 1. The number of rotatable bonds is 4. The minimum Gasteiger partial charge on any atom is -0.457 e. The largest absolute Gasteiger partial charge is 0.457 e. The Kier molecular flexibility index (Phi) is 6.13. The molecule has 0 fully saturated rings. The molecule has 2 aromatic heterocycles. The number of benzene rings is 3. The van der Waals surface area contributed by atoms with Crippen LogP contribution in [0.2, 0.25) is 0 Å². The number of hydrogen-bond acceptors (Lipinski definition) is 5. The van der Waals surface area contributed by atoms with E-state index in [-0.39, 0.29) is 17.4 Å². The topological polar surface area (TPSA) is 64.6 Å². The maximum Gasteiger partial charge on any atom is 0.271 e. The van der Waals surface area contributed by atoms with Crippen LogP contribution in [0.15, 0.2) is 109 Å². The summed E-state index contributed by atoms with van der Waals surface area (Å²) in [7, 11) is 0. The van der Waals surface area contributed by atoms with Crippen molar-refractivity contribution in [3.05, 3.63) is 143 Å². The Hall–Kier alpha value is -4.07. The number of fused-ring (bicyclic) bond motifs is 3. The Morgan fingerprint density at radius 1 is 1.00 bits per heavy atom. The fraction of sp³-hybridized carbons (Fsp3) is 0.121. The number of nitrogens with zero attached hydrogens (tertiary/aromatic N) is 2. The normalized spacial score (nSPS) is 16.2. The van der Waals surface area contributed by atoms with Crippen LogP contribution >= 0.6 is 27.3 Å². The van der Waals surface area contributed by atoms with E-state index in [0.29, 0.717) is 26.4 Å². The number of furan rings is 1. The first-order valence-electron chi connectivity index (χ1n) is 13.1. The summed E-state index contributed by atoms with van der Waals surface area (Å²) >= 11 is 4.93. The highest BCUT2D eigenvalue weighted by atomic mass is 79.9. The van der Waals surface area contributed by atoms with E-state index in [0.717, 1.165) is 39.7 Å². The molecule has 0 saturated heterocycles. The predicted molar refractivity (Wildman–Crippen MR) is 161 cm³/mol. The van der Waals surface area contributed by atoms with Crippen molar-refractivity contribution < 1.29 is 9.21 Å². The van der Waals surface area contributed by atoms with Crippen molar-refractivity contribution in [2.24, 2.45) is 4.99 Å². The van der Waals surface area contributed by atoms with Gasteiger partial charge in [-0.1, -0.05) is 87.9 Å². The van der Waals surface area contributed by atoms with E-state index in [9.17, 15) is 9.59 Å². The highest BCUT2D eigenvalue weighted by Gasteiger charge is 2.32. The van der Waals surface area contributed by atoms with E-state index in [1.165, 1.54) is 22.5 Å². The molecule has 1 atom stereocenters. The van der Waals surface area contributed by atoms with Crippen LogP contribution in [0.4, 0.5) is 0 Å². The summed E-state index contributed by atoms with van der Waals surface area (Å²) in [6.07, 6.45) is 3.57. The first-order chi connectivity index (χ1) is 19.5. The lowest BCUT2D eigenvalue weighted by Crippen LogP contribution is -2.38. The zero-order valence-electron chi connectivity index (χ0n) is 21.6. The van der Waals surface area contributed by atoms with Gasteiger partial charge in [-0.3, -0.25) is 14.2 Å². The highest BCUT2D eigenvalue weighted by Crippen LogP contribution is 2.41. The number of aromatic nitrogens is 1. The molecule has 5 nitrogen and oxygen atoms in total. The number of thiazole rings is 1. The van der Waals surface area contributed by atoms with Gasteiger partial charge in [-0.15, -0.1) is 0 Å². The number of Topliss-reactive ketones (excluding diaryl/α,β-unsaturated/α-hetero) is 1. The number of halogens is 1. The molecule has 1 aliphatic heterocycles. The standard InChI is InChI=1S/C33H23BrN2O3S/c1-19(37)20-6-8-22(9-7-20)28-17-15-25(39-28)18-29-32(38)36-31(23-10-13-24(34)14-11-23)27-16-12-21-4-2-3-5-26(21)30(27)35-33(36)40-29/h2-11,13-15,17-18,31H,12,16H2,1H3/b29-18+/t31-/m1/s1. The summed E-state index contributed by atoms with van der Waals surface area (Å²) in [4.78, 5) is 31.3. The number of aryl methyl sites for hydroxylation is 1. The van der Waals surface area contributed by atoms with Crippen LogP contribution in [0.5, 0.6) is 0 Å². The molecule has 3 heterocycles. The van der Waals surface area contributed by atoms with Gasteiger partial charge in [0.1, 0.15) is 11.5 Å². The Labute approximate surface area is 242 Å². The van der Waals surface area contributed by atoms with Gasteiger partial charge in [0.25, 0.3) is 5.56 Å². The maximum absolute atomic E-state index is 13.9. The Morgan fingerprint density at radius 3 is 2.55 bits per heavy atom. The maximum atomic E-state index is 13.9. The molecule has 0 saturated carbocycles. The first kappa shape index (κ1) is 24.9. The predicted octanol–water partition coefficient (Wildman–Crippen LogP) is 6.54. The van der Waals surface area contributed by atoms with Crippen molar-refractivity contribution in [2.75, 3.05) is 0 Å². The molecule has 0 bridgehead atoms. The van der Waals surface area contributed by atoms with Gasteiger partial charge < -0.3 is 4.42 Å². The van der Waals surface area contributed by atoms with E-state index in [1.54, 1.807) is 25.1 Å². The minimum atomic E-state index is -0.221. The molecule has 196 valence electrons. The van der Waals surface area contributed by atoms with Gasteiger partial charge >= 0.3 is 0 Å². The summed E-state index contributed by atoms with van der Waals surface area (Å²) in [6, 6.07) is 27.5. The zero-order valence-corrected chi connectivity index (χ0v) is 24.0. The summed E-state index contributed by atoms with van der Waals surface area (Å²) in [6.45, 7) is 1.55. The second-order valence-electron chi connectivity index (χ2n) is 10.0. The van der Waals surface area contributed by atoms with Gasteiger partial charge in [-0.2, -0.15) is 0 Å². The molecule has 3 aromatic carbocycles. The Morgan fingerprint density at radius 2 is 1.77 bits per heavy atom. The van der Waals surface area contributed by atoms with E-state index in [1.807, 2.05) is 41.0 Å². The molecule has 0 N–H and O–H groups in total. The van der Waals surface area contributed by atoms with Crippen molar-refractivity contribution in [2.45, 2.75) is 25.8 Å². The minimum absolute atomic E-state index is 0.0219. The lowest BCUT2D eigenvalue weighted by molar-refractivity contribution is 0.101. The molecule has 2 aliphatic rings. The highest BCUT2D eigenvalue weighted by molar-refractivity contribution is 9.10. The van der Waals surface area contributed by atoms with Crippen molar-refractivity contribution in [1.82, 2.24) is 4.57 Å². The molecule has 7 heteroatoms. The van der Waals surface area contributed by atoms with Crippen molar-refractivity contribution >= 4 is 44.8 Å². The first-order valence-corrected chi connectivity index (χ1v) is 14.7. The van der Waals surface area contributed by atoms with Gasteiger partial charge in [-0.05, 0) is 60.7 Å². The Bertz CT molecular complexity index is 2010. The summed E-state index contributed by atoms with van der Waals surface area (Å²) in [5.41, 5.74) is 7.10. The van der Waals surface area contributed by atoms with Crippen LogP contribution in [0.3, 0.4) is 0 Å². The van der Waals surface area contributed by atoms with Crippen molar-refractivity contribution in [3.63, 3.8) is 0 Å². The third-order valence-electron chi connectivity index (χ3n) is 7.53. The summed E-state index contributed by atoms with van der Waals surface area (Å²) in [5.74, 6) is 1.29. The lowest BCUT2D eigenvalue weighted by atomic mass is 9.83. The van der Waals surface area contributed by atoms with Gasteiger partial charge in [0.15, 0.2) is 10.6 Å². The molecule has 1 aliphatic carbocycles. The fourth-order valence-corrected chi connectivity index (χ4v) is 6.80. The van der Waals surface area contributed by atoms with Crippen LogP contribution in [0.1, 0.15) is 52.2 Å².